The number of ketones is 1. The van der Waals surface area contributed by atoms with Gasteiger partial charge in [0.05, 0.1) is 22.7 Å². The number of hydrogen-bond donors (Lipinski definition) is 1. The van der Waals surface area contributed by atoms with Crippen molar-refractivity contribution >= 4 is 45.0 Å². The Morgan fingerprint density at radius 2 is 1.97 bits per heavy atom. The van der Waals surface area contributed by atoms with Crippen LogP contribution >= 0.6 is 22.7 Å². The molecule has 32 heavy (non-hydrogen) atoms. The molecule has 0 aliphatic heterocycles. The molecule has 0 fully saturated rings. The van der Waals surface area contributed by atoms with E-state index in [0.717, 1.165) is 17.7 Å². The number of carbonyl (C=O) groups is 2. The van der Waals surface area contributed by atoms with Gasteiger partial charge in [-0.3, -0.25) is 4.79 Å². The first-order valence-electron chi connectivity index (χ1n) is 10.1. The number of allylic oxidation sites excluding steroid dienone is 1. The molecule has 0 atom stereocenters. The van der Waals surface area contributed by atoms with Crippen molar-refractivity contribution in [3.8, 4) is 17.3 Å². The number of benzene rings is 1. The molecule has 3 rings (SSSR count). The average molecular weight is 466 g/mol. The number of aryl methyl sites for hydroxylation is 1. The van der Waals surface area contributed by atoms with Crippen LogP contribution < -0.4 is 5.32 Å². The van der Waals surface area contributed by atoms with Crippen LogP contribution in [0.5, 0.6) is 0 Å². The number of ether oxygens (including phenoxy) is 1. The number of nitriles is 1. The smallest absolute Gasteiger partial charge is 0.341 e. The summed E-state index contributed by atoms with van der Waals surface area (Å²) >= 11 is 2.54. The lowest BCUT2D eigenvalue weighted by Crippen LogP contribution is -2.08. The summed E-state index contributed by atoms with van der Waals surface area (Å²) < 4.78 is 5.15. The summed E-state index contributed by atoms with van der Waals surface area (Å²) in [7, 11) is 0. The van der Waals surface area contributed by atoms with E-state index in [4.69, 9.17) is 4.74 Å². The number of Topliss-reactive ketones (excluding diaryl/α,β-unsaturated/α-hetero) is 1. The molecule has 164 valence electrons. The van der Waals surface area contributed by atoms with Crippen LogP contribution in [-0.2, 0) is 11.2 Å². The highest BCUT2D eigenvalue weighted by molar-refractivity contribution is 7.18. The Bertz CT molecular complexity index is 1210. The minimum Gasteiger partial charge on any atom is -0.462 e. The highest BCUT2D eigenvalue weighted by atomic mass is 32.1. The lowest BCUT2D eigenvalue weighted by atomic mass is 10.1. The monoisotopic (exact) mass is 465 g/mol. The topological polar surface area (TPSA) is 92.1 Å². The van der Waals surface area contributed by atoms with Crippen LogP contribution in [0.15, 0.2) is 35.8 Å². The molecule has 0 amide bonds. The van der Waals surface area contributed by atoms with Crippen LogP contribution in [0.3, 0.4) is 0 Å². The second-order valence-corrected chi connectivity index (χ2v) is 8.82. The number of nitrogens with one attached hydrogen (secondary N) is 1. The third-order valence-corrected chi connectivity index (χ3v) is 7.01. The van der Waals surface area contributed by atoms with Crippen molar-refractivity contribution in [2.24, 2.45) is 0 Å². The lowest BCUT2D eigenvalue weighted by Gasteiger charge is -2.05. The highest BCUT2D eigenvalue weighted by Crippen LogP contribution is 2.35. The third-order valence-electron chi connectivity index (χ3n) is 4.81. The molecule has 1 N–H and O–H groups in total. The molecule has 6 nitrogen and oxygen atoms in total. The number of thiazole rings is 1. The molecule has 0 saturated heterocycles. The fraction of sp³-hybridized carbons (Fsp3) is 0.250. The molecule has 2 aromatic heterocycles. The largest absolute Gasteiger partial charge is 0.462 e. The molecule has 0 aliphatic rings. The minimum atomic E-state index is -0.504. The van der Waals surface area contributed by atoms with E-state index < -0.39 is 5.97 Å². The van der Waals surface area contributed by atoms with Crippen molar-refractivity contribution in [3.63, 3.8) is 0 Å². The molecule has 0 spiro atoms. The maximum atomic E-state index is 12.4. The Morgan fingerprint density at radius 1 is 1.25 bits per heavy atom. The van der Waals surface area contributed by atoms with E-state index in [-0.39, 0.29) is 12.4 Å². The van der Waals surface area contributed by atoms with Crippen LogP contribution in [0.1, 0.15) is 56.9 Å². The van der Waals surface area contributed by atoms with Crippen LogP contribution in [0, 0.1) is 18.3 Å². The average Bonchev–Trinajstić information content (AvgIpc) is 3.39. The Morgan fingerprint density at radius 3 is 2.56 bits per heavy atom. The van der Waals surface area contributed by atoms with Gasteiger partial charge >= 0.3 is 5.97 Å². The van der Waals surface area contributed by atoms with Gasteiger partial charge in [-0.2, -0.15) is 5.26 Å². The van der Waals surface area contributed by atoms with Gasteiger partial charge in [0, 0.05) is 17.1 Å². The summed E-state index contributed by atoms with van der Waals surface area (Å²) in [6, 6.07) is 10.3. The molecule has 3 aromatic rings. The molecular weight excluding hydrogens is 442 g/mol. The second-order valence-electron chi connectivity index (χ2n) is 6.94. The number of nitrogens with zero attached hydrogens (tertiary/aromatic N) is 2. The zero-order valence-electron chi connectivity index (χ0n) is 18.3. The van der Waals surface area contributed by atoms with E-state index in [0.29, 0.717) is 31.6 Å². The SMILES string of the molecule is CCOC(=O)c1c(N/C=C(/C#N)c2nc(-c3ccc(CC)cc3)cs2)sc(C(C)=O)c1C. The van der Waals surface area contributed by atoms with Crippen molar-refractivity contribution in [1.29, 1.82) is 5.26 Å². The summed E-state index contributed by atoms with van der Waals surface area (Å²) in [4.78, 5) is 29.5. The van der Waals surface area contributed by atoms with E-state index in [2.05, 4.69) is 35.4 Å². The zero-order valence-corrected chi connectivity index (χ0v) is 19.9. The fourth-order valence-electron chi connectivity index (χ4n) is 3.12. The Labute approximate surface area is 195 Å². The predicted molar refractivity (Wildman–Crippen MR) is 129 cm³/mol. The summed E-state index contributed by atoms with van der Waals surface area (Å²) in [5.41, 5.74) is 4.25. The van der Waals surface area contributed by atoms with Gasteiger partial charge < -0.3 is 10.1 Å². The molecule has 0 unspecified atom stereocenters. The standard InChI is InChI=1S/C24H23N3O3S2/c1-5-16-7-9-17(10-8-16)19-13-31-22(27-19)18(11-25)12-26-23-20(24(29)30-6-2)14(3)21(32-23)15(4)28/h7-10,12-13,26H,5-6H2,1-4H3/b18-12-. The molecule has 2 heterocycles. The maximum absolute atomic E-state index is 12.4. The summed E-state index contributed by atoms with van der Waals surface area (Å²) in [5.74, 6) is -0.635. The van der Waals surface area contributed by atoms with E-state index in [1.165, 1.54) is 41.4 Å². The van der Waals surface area contributed by atoms with Gasteiger partial charge in [0.2, 0.25) is 0 Å². The van der Waals surface area contributed by atoms with Gasteiger partial charge in [0.25, 0.3) is 0 Å². The Kier molecular flexibility index (Phi) is 7.57. The summed E-state index contributed by atoms with van der Waals surface area (Å²) in [6.07, 6.45) is 2.48. The molecule has 0 saturated carbocycles. The third kappa shape index (κ3) is 4.96. The number of hydrogen-bond acceptors (Lipinski definition) is 8. The number of esters is 1. The molecule has 0 aliphatic carbocycles. The Balaban J connectivity index is 1.90. The molecule has 1 aromatic carbocycles. The van der Waals surface area contributed by atoms with Crippen LogP contribution in [0.4, 0.5) is 5.00 Å². The minimum absolute atomic E-state index is 0.130. The van der Waals surface area contributed by atoms with Gasteiger partial charge in [-0.05, 0) is 38.3 Å². The first-order valence-corrected chi connectivity index (χ1v) is 11.8. The van der Waals surface area contributed by atoms with Crippen molar-refractivity contribution in [2.45, 2.75) is 34.1 Å². The number of thiophene rings is 1. The summed E-state index contributed by atoms with van der Waals surface area (Å²) in [6.45, 7) is 7.23. The van der Waals surface area contributed by atoms with Gasteiger partial charge in [-0.15, -0.1) is 22.7 Å². The quantitative estimate of drug-likeness (QED) is 0.246. The van der Waals surface area contributed by atoms with E-state index in [1.54, 1.807) is 13.8 Å². The van der Waals surface area contributed by atoms with Gasteiger partial charge in [-0.25, -0.2) is 9.78 Å². The molecule has 0 radical (unpaired) electrons. The van der Waals surface area contributed by atoms with E-state index in [1.807, 2.05) is 17.5 Å². The first kappa shape index (κ1) is 23.4. The maximum Gasteiger partial charge on any atom is 0.341 e. The van der Waals surface area contributed by atoms with Gasteiger partial charge in [0.1, 0.15) is 21.7 Å². The summed E-state index contributed by atoms with van der Waals surface area (Å²) in [5, 5.41) is 15.6. The number of rotatable bonds is 8. The second kappa shape index (κ2) is 10.4. The van der Waals surface area contributed by atoms with Gasteiger partial charge in [-0.1, -0.05) is 31.2 Å². The molecule has 0 bridgehead atoms. The van der Waals surface area contributed by atoms with Crippen molar-refractivity contribution < 1.29 is 14.3 Å². The van der Waals surface area contributed by atoms with E-state index >= 15 is 0 Å². The lowest BCUT2D eigenvalue weighted by molar-refractivity contribution is 0.0527. The number of carbonyl (C=O) groups excluding carboxylic acids is 2. The fourth-order valence-corrected chi connectivity index (χ4v) is 4.97. The van der Waals surface area contributed by atoms with Crippen LogP contribution in [0.25, 0.3) is 16.8 Å². The van der Waals surface area contributed by atoms with Crippen LogP contribution in [0.2, 0.25) is 0 Å². The van der Waals surface area contributed by atoms with Crippen molar-refractivity contribution in [3.05, 3.63) is 62.4 Å². The predicted octanol–water partition coefficient (Wildman–Crippen LogP) is 6.10. The normalized spacial score (nSPS) is 11.2. The zero-order chi connectivity index (χ0) is 23.3. The van der Waals surface area contributed by atoms with Crippen molar-refractivity contribution in [2.75, 3.05) is 11.9 Å². The first-order chi connectivity index (χ1) is 15.4. The Hall–Kier alpha value is -3.28. The van der Waals surface area contributed by atoms with Crippen molar-refractivity contribution in [1.82, 2.24) is 4.98 Å². The van der Waals surface area contributed by atoms with Gasteiger partial charge in [0.15, 0.2) is 5.78 Å². The molecule has 8 heteroatoms. The molecular formula is C24H23N3O3S2. The number of aromatic nitrogens is 1. The highest BCUT2D eigenvalue weighted by Gasteiger charge is 2.24. The number of anilines is 1. The van der Waals surface area contributed by atoms with Crippen LogP contribution in [-0.4, -0.2) is 23.3 Å². The van der Waals surface area contributed by atoms with E-state index in [9.17, 15) is 14.9 Å².